The normalized spacial score (nSPS) is 13.3. The van der Waals surface area contributed by atoms with Crippen LogP contribution in [0.3, 0.4) is 0 Å². The van der Waals surface area contributed by atoms with Crippen molar-refractivity contribution in [3.63, 3.8) is 0 Å². The Kier molecular flexibility index (Phi) is 3.46. The van der Waals surface area contributed by atoms with Crippen LogP contribution in [0.4, 0.5) is 0 Å². The van der Waals surface area contributed by atoms with Crippen molar-refractivity contribution >= 4 is 0 Å². The molecular weight excluding hydrogens is 266 g/mol. The van der Waals surface area contributed by atoms with Gasteiger partial charge in [0.25, 0.3) is 5.56 Å². The van der Waals surface area contributed by atoms with Gasteiger partial charge in [-0.25, -0.2) is 0 Å². The molecule has 1 aliphatic rings. The first-order valence-electron chi connectivity index (χ1n) is 6.77. The SMILES string of the molecule is COc1cccc(-n2c3c(cc(C#N)c2=O)CNCC3)c1. The molecule has 0 fully saturated rings. The fraction of sp³-hybridized carbons (Fsp3) is 0.250. The maximum absolute atomic E-state index is 12.6. The molecule has 5 nitrogen and oxygen atoms in total. The second kappa shape index (κ2) is 5.43. The average Bonchev–Trinajstić information content (AvgIpc) is 2.54. The summed E-state index contributed by atoms with van der Waals surface area (Å²) in [5.41, 5.74) is 2.59. The van der Waals surface area contributed by atoms with Crippen molar-refractivity contribution in [1.29, 1.82) is 5.26 Å². The van der Waals surface area contributed by atoms with E-state index in [1.807, 2.05) is 30.3 Å². The molecule has 1 aromatic carbocycles. The third kappa shape index (κ3) is 2.30. The molecule has 1 N–H and O–H groups in total. The molecule has 1 aliphatic heterocycles. The van der Waals surface area contributed by atoms with E-state index in [4.69, 9.17) is 4.74 Å². The number of rotatable bonds is 2. The molecule has 2 heterocycles. The van der Waals surface area contributed by atoms with E-state index in [0.29, 0.717) is 12.3 Å². The van der Waals surface area contributed by atoms with Crippen LogP contribution in [0, 0.1) is 11.3 Å². The summed E-state index contributed by atoms with van der Waals surface area (Å²) in [7, 11) is 1.59. The van der Waals surface area contributed by atoms with E-state index < -0.39 is 0 Å². The lowest BCUT2D eigenvalue weighted by atomic mass is 10.0. The van der Waals surface area contributed by atoms with Gasteiger partial charge in [0.1, 0.15) is 17.4 Å². The predicted octanol–water partition coefficient (Wildman–Crippen LogP) is 1.36. The topological polar surface area (TPSA) is 67.0 Å². The first-order valence-corrected chi connectivity index (χ1v) is 6.77. The lowest BCUT2D eigenvalue weighted by molar-refractivity contribution is 0.414. The van der Waals surface area contributed by atoms with Crippen LogP contribution in [0.5, 0.6) is 5.75 Å². The number of pyridine rings is 1. The van der Waals surface area contributed by atoms with Crippen LogP contribution >= 0.6 is 0 Å². The van der Waals surface area contributed by atoms with Gasteiger partial charge in [-0.3, -0.25) is 9.36 Å². The van der Waals surface area contributed by atoms with Crippen LogP contribution in [0.25, 0.3) is 5.69 Å². The molecule has 0 unspecified atom stereocenters. The highest BCUT2D eigenvalue weighted by molar-refractivity contribution is 5.45. The smallest absolute Gasteiger partial charge is 0.273 e. The standard InChI is InChI=1S/C16H15N3O2/c1-21-14-4-2-3-13(8-14)19-15-5-6-18-10-12(15)7-11(9-17)16(19)20/h2-4,7-8,18H,5-6,10H2,1H3. The molecule has 0 atom stereocenters. The lowest BCUT2D eigenvalue weighted by Crippen LogP contribution is -2.33. The van der Waals surface area contributed by atoms with E-state index in [1.165, 1.54) is 0 Å². The van der Waals surface area contributed by atoms with Gasteiger partial charge in [0.05, 0.1) is 12.8 Å². The molecule has 0 aliphatic carbocycles. The van der Waals surface area contributed by atoms with Crippen molar-refractivity contribution in [3.8, 4) is 17.5 Å². The minimum Gasteiger partial charge on any atom is -0.497 e. The van der Waals surface area contributed by atoms with Crippen molar-refractivity contribution in [2.75, 3.05) is 13.7 Å². The minimum atomic E-state index is -0.272. The van der Waals surface area contributed by atoms with E-state index in [1.54, 1.807) is 17.7 Å². The molecule has 0 bridgehead atoms. The Hall–Kier alpha value is -2.58. The van der Waals surface area contributed by atoms with Crippen LogP contribution in [-0.2, 0) is 13.0 Å². The summed E-state index contributed by atoms with van der Waals surface area (Å²) in [6.45, 7) is 1.50. The number of nitrogens with zero attached hydrogens (tertiary/aromatic N) is 2. The fourth-order valence-electron chi connectivity index (χ4n) is 2.66. The van der Waals surface area contributed by atoms with Crippen molar-refractivity contribution < 1.29 is 4.74 Å². The van der Waals surface area contributed by atoms with Gasteiger partial charge in [0.15, 0.2) is 0 Å². The quantitative estimate of drug-likeness (QED) is 0.902. The first-order chi connectivity index (χ1) is 10.2. The summed E-state index contributed by atoms with van der Waals surface area (Å²) >= 11 is 0. The van der Waals surface area contributed by atoms with Crippen LogP contribution < -0.4 is 15.6 Å². The molecule has 0 saturated carbocycles. The van der Waals surface area contributed by atoms with Crippen molar-refractivity contribution in [2.45, 2.75) is 13.0 Å². The number of fused-ring (bicyclic) bond motifs is 1. The van der Waals surface area contributed by atoms with Gasteiger partial charge in [0.2, 0.25) is 0 Å². The summed E-state index contributed by atoms with van der Waals surface area (Å²) in [4.78, 5) is 12.6. The van der Waals surface area contributed by atoms with Gasteiger partial charge < -0.3 is 10.1 Å². The zero-order valence-electron chi connectivity index (χ0n) is 11.7. The molecule has 106 valence electrons. The Morgan fingerprint density at radius 3 is 3.00 bits per heavy atom. The molecule has 5 heteroatoms. The third-order valence-electron chi connectivity index (χ3n) is 3.68. The molecule has 0 spiro atoms. The third-order valence-corrected chi connectivity index (χ3v) is 3.68. The zero-order chi connectivity index (χ0) is 14.8. The monoisotopic (exact) mass is 281 g/mol. The second-order valence-corrected chi connectivity index (χ2v) is 4.91. The lowest BCUT2D eigenvalue weighted by Gasteiger charge is -2.22. The van der Waals surface area contributed by atoms with Crippen molar-refractivity contribution in [3.05, 3.63) is 57.5 Å². The largest absolute Gasteiger partial charge is 0.497 e. The molecule has 3 rings (SSSR count). The maximum atomic E-state index is 12.6. The van der Waals surface area contributed by atoms with Gasteiger partial charge in [0, 0.05) is 31.3 Å². The van der Waals surface area contributed by atoms with E-state index in [2.05, 4.69) is 5.32 Å². The fourth-order valence-corrected chi connectivity index (χ4v) is 2.66. The van der Waals surface area contributed by atoms with Gasteiger partial charge >= 0.3 is 0 Å². The summed E-state index contributed by atoms with van der Waals surface area (Å²) in [5.74, 6) is 0.685. The molecule has 21 heavy (non-hydrogen) atoms. The number of methoxy groups -OCH3 is 1. The van der Waals surface area contributed by atoms with E-state index in [-0.39, 0.29) is 11.1 Å². The summed E-state index contributed by atoms with van der Waals surface area (Å²) in [6.07, 6.45) is 0.757. The number of hydrogen-bond donors (Lipinski definition) is 1. The second-order valence-electron chi connectivity index (χ2n) is 4.91. The highest BCUT2D eigenvalue weighted by Crippen LogP contribution is 2.20. The number of nitriles is 1. The van der Waals surface area contributed by atoms with Gasteiger partial charge in [-0.15, -0.1) is 0 Å². The highest BCUT2D eigenvalue weighted by Gasteiger charge is 2.18. The number of hydrogen-bond acceptors (Lipinski definition) is 4. The van der Waals surface area contributed by atoms with Crippen LogP contribution in [-0.4, -0.2) is 18.2 Å². The Morgan fingerprint density at radius 1 is 1.38 bits per heavy atom. The Labute approximate surface area is 122 Å². The minimum absolute atomic E-state index is 0.167. The van der Waals surface area contributed by atoms with E-state index in [9.17, 15) is 10.1 Å². The zero-order valence-corrected chi connectivity index (χ0v) is 11.7. The number of ether oxygens (including phenoxy) is 1. The van der Waals surface area contributed by atoms with Crippen LogP contribution in [0.15, 0.2) is 35.1 Å². The van der Waals surface area contributed by atoms with Crippen LogP contribution in [0.2, 0.25) is 0 Å². The molecule has 0 radical (unpaired) electrons. The van der Waals surface area contributed by atoms with Gasteiger partial charge in [-0.2, -0.15) is 5.26 Å². The molecule has 0 amide bonds. The Morgan fingerprint density at radius 2 is 2.24 bits per heavy atom. The number of benzene rings is 1. The first kappa shape index (κ1) is 13.4. The number of nitrogens with one attached hydrogen (secondary N) is 1. The summed E-state index contributed by atoms with van der Waals surface area (Å²) in [6, 6.07) is 11.0. The van der Waals surface area contributed by atoms with Crippen molar-refractivity contribution in [1.82, 2.24) is 9.88 Å². The molecule has 0 saturated heterocycles. The molecule has 1 aromatic heterocycles. The Balaban J connectivity index is 2.30. The van der Waals surface area contributed by atoms with Crippen molar-refractivity contribution in [2.24, 2.45) is 0 Å². The highest BCUT2D eigenvalue weighted by atomic mass is 16.5. The molecule has 2 aromatic rings. The van der Waals surface area contributed by atoms with E-state index in [0.717, 1.165) is 29.9 Å². The maximum Gasteiger partial charge on any atom is 0.273 e. The Bertz CT molecular complexity index is 787. The summed E-state index contributed by atoms with van der Waals surface area (Å²) in [5, 5.41) is 12.4. The predicted molar refractivity (Wildman–Crippen MR) is 78.7 cm³/mol. The summed E-state index contributed by atoms with van der Waals surface area (Å²) < 4.78 is 6.86. The molecular formula is C16H15N3O2. The van der Waals surface area contributed by atoms with E-state index >= 15 is 0 Å². The van der Waals surface area contributed by atoms with Gasteiger partial charge in [-0.1, -0.05) is 6.07 Å². The number of aromatic nitrogens is 1. The average molecular weight is 281 g/mol. The van der Waals surface area contributed by atoms with Gasteiger partial charge in [-0.05, 0) is 23.8 Å². The van der Waals surface area contributed by atoms with Crippen LogP contribution in [0.1, 0.15) is 16.8 Å².